The van der Waals surface area contributed by atoms with Crippen LogP contribution in [0.25, 0.3) is 0 Å². The second-order valence-corrected chi connectivity index (χ2v) is 2.83. The number of rotatable bonds is 3. The Kier molecular flexibility index (Phi) is 6.17. The van der Waals surface area contributed by atoms with Crippen molar-refractivity contribution >= 4 is 11.6 Å². The number of quaternary nitrogens is 1. The first kappa shape index (κ1) is 11.8. The van der Waals surface area contributed by atoms with E-state index < -0.39 is 0 Å². The molecule has 0 radical (unpaired) electrons. The fourth-order valence-electron chi connectivity index (χ4n) is 1.00. The molecule has 0 atom stereocenters. The maximum Gasteiger partial charge on any atom is 0.101 e. The summed E-state index contributed by atoms with van der Waals surface area (Å²) in [4.78, 5) is 0. The van der Waals surface area contributed by atoms with Crippen molar-refractivity contribution in [2.75, 3.05) is 7.05 Å². The van der Waals surface area contributed by atoms with Gasteiger partial charge in [0, 0.05) is 11.4 Å². The van der Waals surface area contributed by atoms with E-state index in [-0.39, 0.29) is 12.4 Å². The van der Waals surface area contributed by atoms with Crippen LogP contribution in [0.2, 0.25) is 0 Å². The molecule has 1 aromatic rings. The molecule has 1 aromatic carbocycles. The predicted molar refractivity (Wildman–Crippen MR) is 47.6 cm³/mol. The molecule has 0 aromatic heterocycles. The highest BCUT2D eigenvalue weighted by atomic mass is 35.5. The highest BCUT2D eigenvalue weighted by Gasteiger charge is 1.92. The van der Waals surface area contributed by atoms with E-state index >= 15 is 0 Å². The number of halogens is 2. The van der Waals surface area contributed by atoms with Crippen LogP contribution in [0.3, 0.4) is 0 Å². The van der Waals surface area contributed by atoms with E-state index in [0.29, 0.717) is 5.88 Å². The summed E-state index contributed by atoms with van der Waals surface area (Å²) in [6.07, 6.45) is 0. The summed E-state index contributed by atoms with van der Waals surface area (Å²) in [5.74, 6) is 0.607. The van der Waals surface area contributed by atoms with Crippen molar-refractivity contribution < 1.29 is 17.7 Å². The lowest BCUT2D eigenvalue weighted by atomic mass is 10.1. The molecule has 0 aliphatic rings. The zero-order valence-corrected chi connectivity index (χ0v) is 8.57. The molecular weight excluding hydrogens is 193 g/mol. The van der Waals surface area contributed by atoms with Crippen molar-refractivity contribution in [3.63, 3.8) is 0 Å². The molecule has 0 spiro atoms. The minimum Gasteiger partial charge on any atom is -1.00 e. The topological polar surface area (TPSA) is 16.6 Å². The van der Waals surface area contributed by atoms with Gasteiger partial charge in [0.05, 0.1) is 7.05 Å². The van der Waals surface area contributed by atoms with Gasteiger partial charge >= 0.3 is 0 Å². The van der Waals surface area contributed by atoms with Gasteiger partial charge in [-0.25, -0.2) is 0 Å². The van der Waals surface area contributed by atoms with Gasteiger partial charge in [-0.3, -0.25) is 0 Å². The van der Waals surface area contributed by atoms with Crippen LogP contribution in [-0.2, 0) is 12.4 Å². The molecular formula is C9H13Cl2N. The summed E-state index contributed by atoms with van der Waals surface area (Å²) in [7, 11) is 2.06. The van der Waals surface area contributed by atoms with Gasteiger partial charge in [-0.05, 0) is 5.56 Å². The Morgan fingerprint density at radius 2 is 1.67 bits per heavy atom. The molecule has 0 saturated heterocycles. The SMILES string of the molecule is C[NH2+]Cc1ccc(CCl)cc1.[Cl-]. The Morgan fingerprint density at radius 3 is 2.08 bits per heavy atom. The largest absolute Gasteiger partial charge is 1.00 e. The first-order valence-electron chi connectivity index (χ1n) is 3.78. The lowest BCUT2D eigenvalue weighted by Gasteiger charge is -1.98. The van der Waals surface area contributed by atoms with E-state index in [4.69, 9.17) is 11.6 Å². The average Bonchev–Trinajstić information content (AvgIpc) is 2.07. The number of benzene rings is 1. The normalized spacial score (nSPS) is 9.17. The summed E-state index contributed by atoms with van der Waals surface area (Å²) >= 11 is 5.65. The predicted octanol–water partition coefficient (Wildman–Crippen LogP) is -1.88. The van der Waals surface area contributed by atoms with Crippen molar-refractivity contribution in [2.45, 2.75) is 12.4 Å². The van der Waals surface area contributed by atoms with Gasteiger partial charge in [-0.2, -0.15) is 0 Å². The first-order chi connectivity index (χ1) is 5.36. The summed E-state index contributed by atoms with van der Waals surface area (Å²) in [5.41, 5.74) is 2.54. The lowest BCUT2D eigenvalue weighted by molar-refractivity contribution is -0.643. The second kappa shape index (κ2) is 6.30. The Hall–Kier alpha value is -0.240. The molecule has 12 heavy (non-hydrogen) atoms. The highest BCUT2D eigenvalue weighted by molar-refractivity contribution is 6.17. The zero-order chi connectivity index (χ0) is 8.10. The molecule has 1 nitrogen and oxygen atoms in total. The number of nitrogens with two attached hydrogens (primary N) is 1. The number of hydrogen-bond donors (Lipinski definition) is 1. The Labute approximate surface area is 84.5 Å². The van der Waals surface area contributed by atoms with Crippen molar-refractivity contribution in [1.82, 2.24) is 0 Å². The van der Waals surface area contributed by atoms with Crippen molar-refractivity contribution in [3.05, 3.63) is 35.4 Å². The van der Waals surface area contributed by atoms with E-state index in [2.05, 4.69) is 36.6 Å². The molecule has 3 heteroatoms. The van der Waals surface area contributed by atoms with Crippen LogP contribution in [0.1, 0.15) is 11.1 Å². The second-order valence-electron chi connectivity index (χ2n) is 2.56. The fraction of sp³-hybridized carbons (Fsp3) is 0.333. The van der Waals surface area contributed by atoms with Crippen LogP contribution < -0.4 is 17.7 Å². The van der Waals surface area contributed by atoms with E-state index in [1.54, 1.807) is 0 Å². The summed E-state index contributed by atoms with van der Waals surface area (Å²) in [6.45, 7) is 1.04. The van der Waals surface area contributed by atoms with Crippen LogP contribution in [0.5, 0.6) is 0 Å². The van der Waals surface area contributed by atoms with Gasteiger partial charge in [0.1, 0.15) is 6.54 Å². The van der Waals surface area contributed by atoms with E-state index in [9.17, 15) is 0 Å². The maximum atomic E-state index is 5.65. The van der Waals surface area contributed by atoms with E-state index in [1.165, 1.54) is 11.1 Å². The third-order valence-electron chi connectivity index (χ3n) is 1.62. The van der Waals surface area contributed by atoms with Crippen molar-refractivity contribution in [3.8, 4) is 0 Å². The molecule has 0 fully saturated rings. The molecule has 0 aliphatic heterocycles. The third kappa shape index (κ3) is 3.44. The van der Waals surface area contributed by atoms with Crippen LogP contribution in [0.4, 0.5) is 0 Å². The smallest absolute Gasteiger partial charge is 0.101 e. The summed E-state index contributed by atoms with van der Waals surface area (Å²) < 4.78 is 0. The quantitative estimate of drug-likeness (QED) is 0.558. The first-order valence-corrected chi connectivity index (χ1v) is 4.32. The van der Waals surface area contributed by atoms with Gasteiger partial charge in [-0.15, -0.1) is 11.6 Å². The van der Waals surface area contributed by atoms with Gasteiger partial charge in [0.25, 0.3) is 0 Å². The van der Waals surface area contributed by atoms with Gasteiger partial charge in [-0.1, -0.05) is 24.3 Å². The van der Waals surface area contributed by atoms with Crippen LogP contribution in [0, 0.1) is 0 Å². The minimum absolute atomic E-state index is 0. The monoisotopic (exact) mass is 205 g/mol. The summed E-state index contributed by atoms with van der Waals surface area (Å²) in [6, 6.07) is 8.40. The number of alkyl halides is 1. The minimum atomic E-state index is 0. The Balaban J connectivity index is 0.00000121. The van der Waals surface area contributed by atoms with Crippen molar-refractivity contribution in [1.29, 1.82) is 0 Å². The maximum absolute atomic E-state index is 5.65. The Bertz CT molecular complexity index is 208. The molecule has 0 bridgehead atoms. The van der Waals surface area contributed by atoms with E-state index in [0.717, 1.165) is 6.54 Å². The molecule has 0 unspecified atom stereocenters. The van der Waals surface area contributed by atoms with Gasteiger partial charge in [0.15, 0.2) is 0 Å². The molecule has 1 rings (SSSR count). The summed E-state index contributed by atoms with van der Waals surface area (Å²) in [5, 5.41) is 2.15. The lowest BCUT2D eigenvalue weighted by Crippen LogP contribution is -3.00. The molecule has 68 valence electrons. The molecule has 2 N–H and O–H groups in total. The van der Waals surface area contributed by atoms with Gasteiger partial charge in [0.2, 0.25) is 0 Å². The average molecular weight is 206 g/mol. The molecule has 0 amide bonds. The third-order valence-corrected chi connectivity index (χ3v) is 1.93. The van der Waals surface area contributed by atoms with Crippen LogP contribution in [-0.4, -0.2) is 7.05 Å². The Morgan fingerprint density at radius 1 is 1.17 bits per heavy atom. The van der Waals surface area contributed by atoms with Gasteiger partial charge < -0.3 is 17.7 Å². The standard InChI is InChI=1S/C9H12ClN.ClH/c1-11-7-9-4-2-8(6-10)3-5-9;/h2-5,11H,6-7H2,1H3;1H. The van der Waals surface area contributed by atoms with Crippen LogP contribution in [0.15, 0.2) is 24.3 Å². The molecule has 0 aliphatic carbocycles. The number of hydrogen-bond acceptors (Lipinski definition) is 0. The van der Waals surface area contributed by atoms with Crippen LogP contribution >= 0.6 is 11.6 Å². The highest BCUT2D eigenvalue weighted by Crippen LogP contribution is 2.05. The van der Waals surface area contributed by atoms with E-state index in [1.807, 2.05) is 0 Å². The zero-order valence-electron chi connectivity index (χ0n) is 7.06. The van der Waals surface area contributed by atoms with Crippen molar-refractivity contribution in [2.24, 2.45) is 0 Å². The molecule has 0 heterocycles. The fourth-order valence-corrected chi connectivity index (χ4v) is 1.18. The molecule has 0 saturated carbocycles.